The molecule has 10 heteroatoms. The number of carbonyl (C=O) groups excluding carboxylic acids is 3. The van der Waals surface area contributed by atoms with Crippen molar-refractivity contribution in [3.63, 3.8) is 0 Å². The zero-order valence-electron chi connectivity index (χ0n) is 15.4. The van der Waals surface area contributed by atoms with Crippen LogP contribution in [0.1, 0.15) is 25.3 Å². The van der Waals surface area contributed by atoms with E-state index in [0.29, 0.717) is 17.7 Å². The number of rotatable bonds is 3. The Balaban J connectivity index is 1.52. The summed E-state index contributed by atoms with van der Waals surface area (Å²) in [6.45, 7) is 1.45. The molecule has 2 fully saturated rings. The second-order valence-corrected chi connectivity index (χ2v) is 9.96. The summed E-state index contributed by atoms with van der Waals surface area (Å²) >= 11 is 0. The van der Waals surface area contributed by atoms with Gasteiger partial charge in [-0.05, 0) is 19.4 Å². The number of amides is 4. The van der Waals surface area contributed by atoms with Gasteiger partial charge in [0.05, 0.1) is 23.7 Å². The first-order valence-corrected chi connectivity index (χ1v) is 10.8. The smallest absolute Gasteiger partial charge is 0.325 e. The molecule has 1 aromatic rings. The van der Waals surface area contributed by atoms with Crippen molar-refractivity contribution in [3.8, 4) is 5.75 Å². The van der Waals surface area contributed by atoms with Crippen molar-refractivity contribution in [1.29, 1.82) is 0 Å². The highest BCUT2D eigenvalue weighted by Gasteiger charge is 2.55. The molecule has 0 unspecified atom stereocenters. The predicted molar refractivity (Wildman–Crippen MR) is 98.3 cm³/mol. The Bertz CT molecular complexity index is 977. The summed E-state index contributed by atoms with van der Waals surface area (Å²) < 4.78 is 29.0. The Labute approximate surface area is 162 Å². The van der Waals surface area contributed by atoms with Gasteiger partial charge in [-0.1, -0.05) is 18.2 Å². The van der Waals surface area contributed by atoms with Crippen LogP contribution < -0.4 is 15.4 Å². The number of hydrogen-bond acceptors (Lipinski definition) is 6. The van der Waals surface area contributed by atoms with E-state index in [4.69, 9.17) is 4.74 Å². The Morgan fingerprint density at radius 1 is 1.29 bits per heavy atom. The van der Waals surface area contributed by atoms with Gasteiger partial charge in [-0.15, -0.1) is 0 Å². The summed E-state index contributed by atoms with van der Waals surface area (Å²) in [4.78, 5) is 39.0. The molecular weight excluding hydrogens is 386 g/mol. The molecule has 3 heterocycles. The van der Waals surface area contributed by atoms with Gasteiger partial charge < -0.3 is 15.4 Å². The number of carbonyl (C=O) groups is 3. The molecule has 3 aliphatic heterocycles. The van der Waals surface area contributed by atoms with E-state index in [1.165, 1.54) is 0 Å². The van der Waals surface area contributed by atoms with Crippen LogP contribution in [-0.4, -0.2) is 61.4 Å². The molecule has 4 amide bonds. The Hall–Kier alpha value is -2.62. The molecule has 9 nitrogen and oxygen atoms in total. The summed E-state index contributed by atoms with van der Waals surface area (Å²) in [5.74, 6) is -0.696. The molecule has 28 heavy (non-hydrogen) atoms. The minimum absolute atomic E-state index is 0.00675. The minimum Gasteiger partial charge on any atom is -0.493 e. The van der Waals surface area contributed by atoms with Gasteiger partial charge in [0.2, 0.25) is 5.91 Å². The monoisotopic (exact) mass is 407 g/mol. The van der Waals surface area contributed by atoms with Gasteiger partial charge >= 0.3 is 6.03 Å². The van der Waals surface area contributed by atoms with E-state index in [0.717, 1.165) is 4.90 Å². The normalized spacial score (nSPS) is 30.7. The number of sulfone groups is 1. The van der Waals surface area contributed by atoms with E-state index in [1.807, 2.05) is 0 Å². The molecule has 2 atom stereocenters. The first-order valence-electron chi connectivity index (χ1n) is 9.02. The highest BCUT2D eigenvalue weighted by Crippen LogP contribution is 2.40. The number of nitrogens with one attached hydrogen (secondary N) is 2. The molecule has 0 aliphatic carbocycles. The van der Waals surface area contributed by atoms with Gasteiger partial charge in [0.15, 0.2) is 15.4 Å². The molecule has 3 aliphatic rings. The van der Waals surface area contributed by atoms with Crippen LogP contribution in [0.25, 0.3) is 0 Å². The lowest BCUT2D eigenvalue weighted by atomic mass is 9.84. The summed E-state index contributed by atoms with van der Waals surface area (Å²) in [7, 11) is -3.19. The number of imide groups is 1. The Morgan fingerprint density at radius 2 is 2.04 bits per heavy atom. The van der Waals surface area contributed by atoms with E-state index in [9.17, 15) is 22.8 Å². The van der Waals surface area contributed by atoms with Crippen LogP contribution >= 0.6 is 0 Å². The third-order valence-corrected chi connectivity index (χ3v) is 7.41. The average molecular weight is 407 g/mol. The van der Waals surface area contributed by atoms with Gasteiger partial charge in [-0.3, -0.25) is 14.5 Å². The number of nitrogens with zero attached hydrogens (tertiary/aromatic N) is 1. The highest BCUT2D eigenvalue weighted by atomic mass is 32.2. The van der Waals surface area contributed by atoms with Crippen LogP contribution in [0.5, 0.6) is 5.75 Å². The molecule has 2 N–H and O–H groups in total. The van der Waals surface area contributed by atoms with E-state index < -0.39 is 45.3 Å². The summed E-state index contributed by atoms with van der Waals surface area (Å²) in [6.07, 6.45) is 0.568. The summed E-state index contributed by atoms with van der Waals surface area (Å²) in [5.41, 5.74) is -1.57. The maximum Gasteiger partial charge on any atom is 0.325 e. The number of fused-ring (bicyclic) bond motifs is 2. The van der Waals surface area contributed by atoms with Gasteiger partial charge in [0, 0.05) is 12.0 Å². The quantitative estimate of drug-likeness (QED) is 0.676. The van der Waals surface area contributed by atoms with E-state index in [1.54, 1.807) is 31.2 Å². The molecule has 150 valence electrons. The van der Waals surface area contributed by atoms with E-state index in [-0.39, 0.29) is 24.5 Å². The minimum atomic E-state index is -3.19. The third-order valence-electron chi connectivity index (χ3n) is 5.50. The number of para-hydroxylation sites is 1. The van der Waals surface area contributed by atoms with Crippen LogP contribution in [-0.2, 0) is 25.0 Å². The zero-order valence-corrected chi connectivity index (χ0v) is 16.2. The molecule has 1 spiro atoms. The average Bonchev–Trinajstić information content (AvgIpc) is 3.03. The van der Waals surface area contributed by atoms with Gasteiger partial charge in [0.25, 0.3) is 5.91 Å². The van der Waals surface area contributed by atoms with Crippen LogP contribution in [0, 0.1) is 0 Å². The van der Waals surface area contributed by atoms with Crippen molar-refractivity contribution in [3.05, 3.63) is 29.8 Å². The molecule has 0 bridgehead atoms. The van der Waals surface area contributed by atoms with Crippen molar-refractivity contribution in [1.82, 2.24) is 15.5 Å². The highest BCUT2D eigenvalue weighted by molar-refractivity contribution is 7.91. The number of ether oxygens (including phenoxy) is 1. The topological polar surface area (TPSA) is 122 Å². The molecule has 0 aromatic heterocycles. The lowest BCUT2D eigenvalue weighted by molar-refractivity contribution is -0.136. The Morgan fingerprint density at radius 3 is 2.75 bits per heavy atom. The van der Waals surface area contributed by atoms with Gasteiger partial charge in [-0.25, -0.2) is 13.2 Å². The van der Waals surface area contributed by atoms with Gasteiger partial charge in [-0.2, -0.15) is 0 Å². The lowest BCUT2D eigenvalue weighted by Gasteiger charge is -2.33. The largest absolute Gasteiger partial charge is 0.493 e. The third kappa shape index (κ3) is 3.01. The molecule has 4 rings (SSSR count). The molecule has 2 saturated heterocycles. The van der Waals surface area contributed by atoms with Crippen molar-refractivity contribution in [2.24, 2.45) is 0 Å². The summed E-state index contributed by atoms with van der Waals surface area (Å²) in [5, 5.41) is 5.40. The first kappa shape index (κ1) is 18.7. The van der Waals surface area contributed by atoms with Crippen molar-refractivity contribution >= 4 is 27.7 Å². The molecule has 1 aromatic carbocycles. The van der Waals surface area contributed by atoms with Crippen molar-refractivity contribution in [2.45, 2.75) is 30.8 Å². The Kier molecular flexibility index (Phi) is 4.14. The number of benzene rings is 1. The SMILES string of the molecule is C[C@]1(NC(=O)CN2C(=O)N[C@@]3(CCOc4ccccc43)C2=O)CCS(=O)(=O)C1. The van der Waals surface area contributed by atoms with E-state index in [2.05, 4.69) is 10.6 Å². The van der Waals surface area contributed by atoms with Crippen molar-refractivity contribution < 1.29 is 27.5 Å². The predicted octanol–water partition coefficient (Wildman–Crippen LogP) is -0.0904. The van der Waals surface area contributed by atoms with Crippen LogP contribution in [0.15, 0.2) is 24.3 Å². The van der Waals surface area contributed by atoms with Crippen LogP contribution in [0.2, 0.25) is 0 Å². The fraction of sp³-hybridized carbons (Fsp3) is 0.500. The number of hydrogen-bond donors (Lipinski definition) is 2. The number of urea groups is 1. The molecule has 0 radical (unpaired) electrons. The lowest BCUT2D eigenvalue weighted by Crippen LogP contribution is -2.52. The fourth-order valence-corrected chi connectivity index (χ4v) is 6.24. The van der Waals surface area contributed by atoms with E-state index >= 15 is 0 Å². The van der Waals surface area contributed by atoms with Crippen molar-refractivity contribution in [2.75, 3.05) is 24.7 Å². The van der Waals surface area contributed by atoms with Crippen LogP contribution in [0.4, 0.5) is 4.79 Å². The standard InChI is InChI=1S/C18H21N3O6S/c1-17(7-9-28(25,26)11-17)19-14(22)10-21-15(23)18(20-16(21)24)6-8-27-13-5-3-2-4-12(13)18/h2-5H,6-11H2,1H3,(H,19,22)(H,20,24)/t17-,18+/m0/s1. The zero-order chi connectivity index (χ0) is 20.2. The summed E-state index contributed by atoms with van der Waals surface area (Å²) in [6, 6.07) is 6.33. The maximum absolute atomic E-state index is 13.1. The first-order chi connectivity index (χ1) is 13.1. The molecular formula is C18H21N3O6S. The van der Waals surface area contributed by atoms with Crippen LogP contribution in [0.3, 0.4) is 0 Å². The molecule has 0 saturated carbocycles. The maximum atomic E-state index is 13.1. The second-order valence-electron chi connectivity index (χ2n) is 7.77. The van der Waals surface area contributed by atoms with Gasteiger partial charge in [0.1, 0.15) is 12.3 Å². The fourth-order valence-electron chi connectivity index (χ4n) is 4.14. The second kappa shape index (κ2) is 6.20.